The average molecular weight is 334 g/mol. The molecule has 1 fully saturated rings. The zero-order valence-electron chi connectivity index (χ0n) is 12.2. The molecule has 0 spiro atoms. The Morgan fingerprint density at radius 3 is 2.95 bits per heavy atom. The van der Waals surface area contributed by atoms with Crippen molar-refractivity contribution in [3.05, 3.63) is 17.3 Å². The molecular formula is C13H20ClN3O3S. The largest absolute Gasteiger partial charge is 0.384 e. The van der Waals surface area contributed by atoms with Gasteiger partial charge in [-0.15, -0.1) is 0 Å². The van der Waals surface area contributed by atoms with Crippen molar-refractivity contribution in [1.29, 1.82) is 0 Å². The molecule has 2 rings (SSSR count). The van der Waals surface area contributed by atoms with E-state index >= 15 is 0 Å². The second kappa shape index (κ2) is 6.91. The molecule has 1 aliphatic heterocycles. The summed E-state index contributed by atoms with van der Waals surface area (Å²) >= 11 is 6.02. The second-order valence-electron chi connectivity index (χ2n) is 5.08. The minimum Gasteiger partial charge on any atom is -0.384 e. The number of anilines is 1. The molecule has 0 saturated carbocycles. The fourth-order valence-corrected chi connectivity index (χ4v) is 4.36. The molecule has 0 amide bonds. The van der Waals surface area contributed by atoms with Crippen molar-refractivity contribution < 1.29 is 13.2 Å². The topological polar surface area (TPSA) is 71.5 Å². The fourth-order valence-electron chi connectivity index (χ4n) is 2.51. The Balaban J connectivity index is 2.23. The van der Waals surface area contributed by atoms with E-state index in [1.165, 1.54) is 16.6 Å². The third-order valence-electron chi connectivity index (χ3n) is 3.57. The molecule has 0 bridgehead atoms. The molecule has 21 heavy (non-hydrogen) atoms. The molecule has 0 radical (unpaired) electrons. The highest BCUT2D eigenvalue weighted by molar-refractivity contribution is 7.89. The van der Waals surface area contributed by atoms with Crippen molar-refractivity contribution in [2.24, 2.45) is 5.92 Å². The van der Waals surface area contributed by atoms with Gasteiger partial charge in [-0.05, 0) is 24.8 Å². The number of ether oxygens (including phenoxy) is 1. The van der Waals surface area contributed by atoms with Crippen LogP contribution < -0.4 is 5.32 Å². The maximum atomic E-state index is 12.7. The van der Waals surface area contributed by atoms with Gasteiger partial charge in [0, 0.05) is 33.4 Å². The number of sulfonamides is 1. The van der Waals surface area contributed by atoms with Gasteiger partial charge in [0.05, 0.1) is 11.6 Å². The van der Waals surface area contributed by atoms with Crippen LogP contribution in [0.1, 0.15) is 12.8 Å². The number of piperidine rings is 1. The number of hydrogen-bond acceptors (Lipinski definition) is 5. The number of methoxy groups -OCH3 is 1. The molecule has 1 N–H and O–H groups in total. The highest BCUT2D eigenvalue weighted by Crippen LogP contribution is 2.27. The van der Waals surface area contributed by atoms with Crippen molar-refractivity contribution in [2.75, 3.05) is 39.2 Å². The van der Waals surface area contributed by atoms with Crippen molar-refractivity contribution in [1.82, 2.24) is 9.29 Å². The number of rotatable bonds is 5. The monoisotopic (exact) mass is 333 g/mol. The van der Waals surface area contributed by atoms with Crippen molar-refractivity contribution in [3.8, 4) is 0 Å². The second-order valence-corrected chi connectivity index (χ2v) is 7.42. The zero-order chi connectivity index (χ0) is 15.5. The summed E-state index contributed by atoms with van der Waals surface area (Å²) in [5, 5.41) is 3.10. The summed E-state index contributed by atoms with van der Waals surface area (Å²) in [4.78, 5) is 4.17. The summed E-state index contributed by atoms with van der Waals surface area (Å²) in [6.07, 6.45) is 3.16. The third kappa shape index (κ3) is 3.66. The van der Waals surface area contributed by atoms with E-state index in [0.29, 0.717) is 30.5 Å². The van der Waals surface area contributed by atoms with Crippen LogP contribution in [0.3, 0.4) is 0 Å². The van der Waals surface area contributed by atoms with Crippen LogP contribution in [0.25, 0.3) is 0 Å². The van der Waals surface area contributed by atoms with E-state index in [-0.39, 0.29) is 10.8 Å². The van der Waals surface area contributed by atoms with E-state index in [9.17, 15) is 8.42 Å². The van der Waals surface area contributed by atoms with Crippen molar-refractivity contribution in [2.45, 2.75) is 17.7 Å². The van der Waals surface area contributed by atoms with Gasteiger partial charge in [0.2, 0.25) is 10.0 Å². The first-order chi connectivity index (χ1) is 9.98. The molecule has 1 aromatic heterocycles. The first-order valence-corrected chi connectivity index (χ1v) is 8.63. The highest BCUT2D eigenvalue weighted by atomic mass is 35.5. The number of halogens is 1. The lowest BCUT2D eigenvalue weighted by Crippen LogP contribution is -2.41. The number of pyridine rings is 1. The summed E-state index contributed by atoms with van der Waals surface area (Å²) in [6.45, 7) is 1.57. The van der Waals surface area contributed by atoms with Crippen LogP contribution in [-0.4, -0.2) is 51.6 Å². The molecule has 0 aliphatic carbocycles. The summed E-state index contributed by atoms with van der Waals surface area (Å²) in [5.41, 5.74) is 0. The fraction of sp³-hybridized carbons (Fsp3) is 0.615. The summed E-state index contributed by atoms with van der Waals surface area (Å²) < 4.78 is 31.9. The Morgan fingerprint density at radius 2 is 2.33 bits per heavy atom. The Kier molecular flexibility index (Phi) is 5.43. The molecule has 8 heteroatoms. The van der Waals surface area contributed by atoms with Gasteiger partial charge in [0.15, 0.2) is 0 Å². The van der Waals surface area contributed by atoms with E-state index in [4.69, 9.17) is 16.3 Å². The van der Waals surface area contributed by atoms with Gasteiger partial charge >= 0.3 is 0 Å². The SMILES string of the molecule is CNc1ncc(S(=O)(=O)N2CCCC(COC)C2)cc1Cl. The van der Waals surface area contributed by atoms with Crippen LogP contribution in [0.15, 0.2) is 17.2 Å². The predicted octanol–water partition coefficient (Wildman–Crippen LogP) is 1.82. The van der Waals surface area contributed by atoms with Gasteiger partial charge in [0.1, 0.15) is 10.7 Å². The van der Waals surface area contributed by atoms with E-state index in [1.807, 2.05) is 0 Å². The quantitative estimate of drug-likeness (QED) is 0.890. The van der Waals surface area contributed by atoms with Gasteiger partial charge in [-0.25, -0.2) is 13.4 Å². The normalized spacial score (nSPS) is 20.4. The summed E-state index contributed by atoms with van der Waals surface area (Å²) in [7, 11) is -0.242. The summed E-state index contributed by atoms with van der Waals surface area (Å²) in [6, 6.07) is 1.44. The molecule has 1 atom stereocenters. The zero-order valence-corrected chi connectivity index (χ0v) is 13.7. The molecule has 1 aliphatic rings. The molecular weight excluding hydrogens is 314 g/mol. The van der Waals surface area contributed by atoms with E-state index in [2.05, 4.69) is 10.3 Å². The minimum absolute atomic E-state index is 0.129. The Morgan fingerprint density at radius 1 is 1.57 bits per heavy atom. The van der Waals surface area contributed by atoms with Gasteiger partial charge in [-0.2, -0.15) is 4.31 Å². The van der Waals surface area contributed by atoms with Gasteiger partial charge in [0.25, 0.3) is 0 Å². The van der Waals surface area contributed by atoms with Crippen LogP contribution >= 0.6 is 11.6 Å². The summed E-state index contributed by atoms with van der Waals surface area (Å²) in [5.74, 6) is 0.699. The van der Waals surface area contributed by atoms with Crippen LogP contribution in [0, 0.1) is 5.92 Å². The standard InChI is InChI=1S/C13H20ClN3O3S/c1-15-13-12(14)6-11(7-16-13)21(18,19)17-5-3-4-10(8-17)9-20-2/h6-7,10H,3-5,8-9H2,1-2H3,(H,15,16). The van der Waals surface area contributed by atoms with Crippen LogP contribution in [-0.2, 0) is 14.8 Å². The van der Waals surface area contributed by atoms with Crippen molar-refractivity contribution in [3.63, 3.8) is 0 Å². The van der Waals surface area contributed by atoms with Crippen LogP contribution in [0.2, 0.25) is 5.02 Å². The molecule has 2 heterocycles. The van der Waals surface area contributed by atoms with Gasteiger partial charge in [-0.1, -0.05) is 11.6 Å². The molecule has 6 nitrogen and oxygen atoms in total. The van der Waals surface area contributed by atoms with Crippen molar-refractivity contribution >= 4 is 27.4 Å². The lowest BCUT2D eigenvalue weighted by atomic mass is 10.0. The third-order valence-corrected chi connectivity index (χ3v) is 5.69. The molecule has 118 valence electrons. The molecule has 0 aromatic carbocycles. The number of aromatic nitrogens is 1. The number of nitrogens with one attached hydrogen (secondary N) is 1. The minimum atomic E-state index is -3.56. The molecule has 1 unspecified atom stereocenters. The predicted molar refractivity (Wildman–Crippen MR) is 82.2 cm³/mol. The first-order valence-electron chi connectivity index (χ1n) is 6.81. The maximum Gasteiger partial charge on any atom is 0.244 e. The lowest BCUT2D eigenvalue weighted by Gasteiger charge is -2.31. The van der Waals surface area contributed by atoms with Gasteiger partial charge < -0.3 is 10.1 Å². The Labute approximate surface area is 130 Å². The number of nitrogens with zero attached hydrogens (tertiary/aromatic N) is 2. The van der Waals surface area contributed by atoms with E-state index in [1.54, 1.807) is 14.2 Å². The lowest BCUT2D eigenvalue weighted by molar-refractivity contribution is 0.118. The average Bonchev–Trinajstić information content (AvgIpc) is 2.48. The smallest absolute Gasteiger partial charge is 0.244 e. The first kappa shape index (κ1) is 16.5. The van der Waals surface area contributed by atoms with E-state index in [0.717, 1.165) is 12.8 Å². The Hall–Kier alpha value is -0.890. The molecule has 1 aromatic rings. The van der Waals surface area contributed by atoms with Gasteiger partial charge in [-0.3, -0.25) is 0 Å². The number of hydrogen-bond donors (Lipinski definition) is 1. The van der Waals surface area contributed by atoms with Crippen LogP contribution in [0.4, 0.5) is 5.82 Å². The maximum absolute atomic E-state index is 12.7. The van der Waals surface area contributed by atoms with E-state index < -0.39 is 10.0 Å². The molecule has 1 saturated heterocycles. The Bertz CT molecular complexity index is 592. The van der Waals surface area contributed by atoms with Crippen LogP contribution in [0.5, 0.6) is 0 Å². The highest BCUT2D eigenvalue weighted by Gasteiger charge is 2.30.